The van der Waals surface area contributed by atoms with Crippen molar-refractivity contribution in [2.75, 3.05) is 12.3 Å². The van der Waals surface area contributed by atoms with Crippen LogP contribution in [0.1, 0.15) is 35.2 Å². The van der Waals surface area contributed by atoms with E-state index in [1.165, 1.54) is 12.8 Å². The zero-order chi connectivity index (χ0) is 11.5. The first-order chi connectivity index (χ1) is 7.66. The molecule has 1 amide bonds. The van der Waals surface area contributed by atoms with Gasteiger partial charge in [-0.2, -0.15) is 0 Å². The molecule has 1 fully saturated rings. The fraction of sp³-hybridized carbons (Fsp3) is 0.462. The molecule has 0 aliphatic heterocycles. The molecule has 3 N–H and O–H groups in total. The van der Waals surface area contributed by atoms with Crippen LogP contribution < -0.4 is 11.1 Å². The van der Waals surface area contributed by atoms with Crippen LogP contribution in [0.5, 0.6) is 0 Å². The van der Waals surface area contributed by atoms with Crippen LogP contribution in [-0.4, -0.2) is 12.5 Å². The van der Waals surface area contributed by atoms with E-state index < -0.39 is 0 Å². The molecule has 3 nitrogen and oxygen atoms in total. The molecule has 0 aromatic heterocycles. The van der Waals surface area contributed by atoms with Gasteiger partial charge in [0.1, 0.15) is 0 Å². The van der Waals surface area contributed by atoms with Gasteiger partial charge in [-0.25, -0.2) is 0 Å². The Hall–Kier alpha value is -1.51. The second-order valence-electron chi connectivity index (χ2n) is 4.56. The summed E-state index contributed by atoms with van der Waals surface area (Å²) in [5.74, 6) is 0.840. The third-order valence-electron chi connectivity index (χ3n) is 3.04. The Morgan fingerprint density at radius 1 is 1.50 bits per heavy atom. The number of amides is 1. The second kappa shape index (κ2) is 4.56. The highest BCUT2D eigenvalue weighted by Crippen LogP contribution is 2.31. The number of nitrogens with one attached hydrogen (secondary N) is 1. The lowest BCUT2D eigenvalue weighted by atomic mass is 10.1. The molecule has 0 unspecified atom stereocenters. The highest BCUT2D eigenvalue weighted by molar-refractivity contribution is 5.96. The summed E-state index contributed by atoms with van der Waals surface area (Å²) in [4.78, 5) is 11.9. The number of nitrogens with two attached hydrogens (primary N) is 1. The Bertz CT molecular complexity index is 397. The minimum Gasteiger partial charge on any atom is -0.399 e. The van der Waals surface area contributed by atoms with Gasteiger partial charge in [-0.1, -0.05) is 18.9 Å². The molecule has 1 saturated carbocycles. The molecule has 3 heteroatoms. The molecule has 1 aromatic rings. The van der Waals surface area contributed by atoms with Crippen molar-refractivity contribution in [3.63, 3.8) is 0 Å². The van der Waals surface area contributed by atoms with Crippen LogP contribution in [0, 0.1) is 12.8 Å². The maximum Gasteiger partial charge on any atom is 0.251 e. The zero-order valence-electron chi connectivity index (χ0n) is 9.62. The number of carbonyl (C=O) groups excluding carboxylic acids is 1. The van der Waals surface area contributed by atoms with Crippen LogP contribution in [0.15, 0.2) is 18.2 Å². The standard InChI is InChI=1S/C13H18N2O/c1-9-2-5-11(14)8-12(9)13(16)15-7-6-10-3-4-10/h2,5,8,10H,3-4,6-7,14H2,1H3,(H,15,16). The minimum atomic E-state index is -0.00884. The highest BCUT2D eigenvalue weighted by Gasteiger charge is 2.20. The normalized spacial score (nSPS) is 14.8. The monoisotopic (exact) mass is 218 g/mol. The molecule has 0 saturated heterocycles. The fourth-order valence-electron chi connectivity index (χ4n) is 1.78. The van der Waals surface area contributed by atoms with E-state index in [1.807, 2.05) is 19.1 Å². The lowest BCUT2D eigenvalue weighted by Gasteiger charge is -2.08. The summed E-state index contributed by atoms with van der Waals surface area (Å²) in [6.45, 7) is 2.70. The van der Waals surface area contributed by atoms with Crippen molar-refractivity contribution in [1.29, 1.82) is 0 Å². The SMILES string of the molecule is Cc1ccc(N)cc1C(=O)NCCC1CC1. The first kappa shape index (κ1) is 11.0. The third-order valence-corrected chi connectivity index (χ3v) is 3.04. The van der Waals surface area contributed by atoms with Gasteiger partial charge in [-0.05, 0) is 37.0 Å². The van der Waals surface area contributed by atoms with Gasteiger partial charge in [0, 0.05) is 17.8 Å². The van der Waals surface area contributed by atoms with Crippen LogP contribution >= 0.6 is 0 Å². The van der Waals surface area contributed by atoms with Gasteiger partial charge in [0.05, 0.1) is 0 Å². The molecule has 0 heterocycles. The number of benzene rings is 1. The lowest BCUT2D eigenvalue weighted by Crippen LogP contribution is -2.25. The lowest BCUT2D eigenvalue weighted by molar-refractivity contribution is 0.0952. The first-order valence-corrected chi connectivity index (χ1v) is 5.81. The van der Waals surface area contributed by atoms with Gasteiger partial charge in [0.25, 0.3) is 5.91 Å². The van der Waals surface area contributed by atoms with Crippen LogP contribution in [0.4, 0.5) is 5.69 Å². The number of hydrogen-bond acceptors (Lipinski definition) is 2. The summed E-state index contributed by atoms with van der Waals surface area (Å²) < 4.78 is 0. The summed E-state index contributed by atoms with van der Waals surface area (Å²) in [7, 11) is 0. The summed E-state index contributed by atoms with van der Waals surface area (Å²) in [5.41, 5.74) is 7.97. The zero-order valence-corrected chi connectivity index (χ0v) is 9.62. The van der Waals surface area contributed by atoms with Crippen LogP contribution in [0.25, 0.3) is 0 Å². The largest absolute Gasteiger partial charge is 0.399 e. The van der Waals surface area contributed by atoms with E-state index in [4.69, 9.17) is 5.73 Å². The third kappa shape index (κ3) is 2.75. The van der Waals surface area contributed by atoms with E-state index in [0.29, 0.717) is 11.3 Å². The van der Waals surface area contributed by atoms with Crippen molar-refractivity contribution in [2.24, 2.45) is 5.92 Å². The van der Waals surface area contributed by atoms with Crippen molar-refractivity contribution < 1.29 is 4.79 Å². The average Bonchev–Trinajstić information content (AvgIpc) is 3.05. The van der Waals surface area contributed by atoms with E-state index in [9.17, 15) is 4.79 Å². The molecule has 16 heavy (non-hydrogen) atoms. The van der Waals surface area contributed by atoms with Gasteiger partial charge < -0.3 is 11.1 Å². The summed E-state index contributed by atoms with van der Waals surface area (Å²) in [6.07, 6.45) is 3.76. The Balaban J connectivity index is 1.93. The van der Waals surface area contributed by atoms with E-state index >= 15 is 0 Å². The average molecular weight is 218 g/mol. The Labute approximate surface area is 96.0 Å². The summed E-state index contributed by atoms with van der Waals surface area (Å²) in [6, 6.07) is 5.43. The highest BCUT2D eigenvalue weighted by atomic mass is 16.1. The molecule has 0 bridgehead atoms. The molecule has 1 aromatic carbocycles. The van der Waals surface area contributed by atoms with E-state index in [2.05, 4.69) is 5.32 Å². The molecule has 1 aliphatic carbocycles. The van der Waals surface area contributed by atoms with Crippen LogP contribution in [0.2, 0.25) is 0 Å². The molecule has 0 radical (unpaired) electrons. The van der Waals surface area contributed by atoms with Gasteiger partial charge in [-0.15, -0.1) is 0 Å². The number of nitrogen functional groups attached to an aromatic ring is 1. The van der Waals surface area contributed by atoms with E-state index in [0.717, 1.165) is 24.4 Å². The number of hydrogen-bond donors (Lipinski definition) is 2. The van der Waals surface area contributed by atoms with Gasteiger partial charge >= 0.3 is 0 Å². The molecule has 1 aliphatic rings. The smallest absolute Gasteiger partial charge is 0.251 e. The van der Waals surface area contributed by atoms with Crippen molar-refractivity contribution in [3.05, 3.63) is 29.3 Å². The summed E-state index contributed by atoms with van der Waals surface area (Å²) in [5, 5.41) is 2.94. The molecule has 0 atom stereocenters. The Morgan fingerprint density at radius 3 is 2.94 bits per heavy atom. The fourth-order valence-corrected chi connectivity index (χ4v) is 1.78. The van der Waals surface area contributed by atoms with Gasteiger partial charge in [0.15, 0.2) is 0 Å². The predicted octanol–water partition coefficient (Wildman–Crippen LogP) is 2.11. The number of rotatable bonds is 4. The van der Waals surface area contributed by atoms with Crippen molar-refractivity contribution in [2.45, 2.75) is 26.2 Å². The van der Waals surface area contributed by atoms with Crippen LogP contribution in [0.3, 0.4) is 0 Å². The van der Waals surface area contributed by atoms with E-state index in [1.54, 1.807) is 6.07 Å². The minimum absolute atomic E-state index is 0.00884. The first-order valence-electron chi connectivity index (χ1n) is 5.81. The van der Waals surface area contributed by atoms with Crippen LogP contribution in [-0.2, 0) is 0 Å². The maximum atomic E-state index is 11.9. The van der Waals surface area contributed by atoms with E-state index in [-0.39, 0.29) is 5.91 Å². The Morgan fingerprint density at radius 2 is 2.25 bits per heavy atom. The Kier molecular flexibility index (Phi) is 3.13. The quantitative estimate of drug-likeness (QED) is 0.760. The van der Waals surface area contributed by atoms with Gasteiger partial charge in [-0.3, -0.25) is 4.79 Å². The van der Waals surface area contributed by atoms with Crippen molar-refractivity contribution in [3.8, 4) is 0 Å². The molecule has 86 valence electrons. The number of anilines is 1. The van der Waals surface area contributed by atoms with Gasteiger partial charge in [0.2, 0.25) is 0 Å². The molecule has 2 rings (SSSR count). The summed E-state index contributed by atoms with van der Waals surface area (Å²) >= 11 is 0. The predicted molar refractivity (Wildman–Crippen MR) is 65.3 cm³/mol. The van der Waals surface area contributed by atoms with Crippen molar-refractivity contribution in [1.82, 2.24) is 5.32 Å². The topological polar surface area (TPSA) is 55.1 Å². The molecule has 0 spiro atoms. The molecular weight excluding hydrogens is 200 g/mol. The number of aryl methyl sites for hydroxylation is 1. The second-order valence-corrected chi connectivity index (χ2v) is 4.56. The number of carbonyl (C=O) groups is 1. The van der Waals surface area contributed by atoms with Crippen molar-refractivity contribution >= 4 is 11.6 Å². The maximum absolute atomic E-state index is 11.9. The molecular formula is C13H18N2O.